The maximum absolute atomic E-state index is 12.0. The number of amides is 1. The molecule has 0 aliphatic rings. The number of hydrogen-bond donors (Lipinski definition) is 1. The Morgan fingerprint density at radius 1 is 1.17 bits per heavy atom. The molecule has 0 aromatic heterocycles. The molecular formula is C16H16ClN3O3S. The third kappa shape index (κ3) is 5.36. The summed E-state index contributed by atoms with van der Waals surface area (Å²) in [7, 11) is -3.59. The number of nitrogens with zero attached hydrogens (tertiary/aromatic N) is 2. The number of carbonyl (C=O) groups excluding carboxylic acids is 1. The fourth-order valence-electron chi connectivity index (χ4n) is 1.89. The first-order valence-corrected chi connectivity index (χ1v) is 9.19. The van der Waals surface area contributed by atoms with Gasteiger partial charge in [-0.25, -0.2) is 13.8 Å². The second-order valence-corrected chi connectivity index (χ2v) is 7.29. The Morgan fingerprint density at radius 2 is 1.79 bits per heavy atom. The molecular weight excluding hydrogens is 350 g/mol. The highest BCUT2D eigenvalue weighted by Crippen LogP contribution is 2.16. The Bertz CT molecular complexity index is 821. The summed E-state index contributed by atoms with van der Waals surface area (Å²) in [4.78, 5) is 12.0. The Balaban J connectivity index is 2.02. The number of carbonyl (C=O) groups is 1. The van der Waals surface area contributed by atoms with Gasteiger partial charge in [-0.05, 0) is 29.8 Å². The van der Waals surface area contributed by atoms with Crippen molar-refractivity contribution in [2.45, 2.75) is 0 Å². The summed E-state index contributed by atoms with van der Waals surface area (Å²) in [5.74, 6) is -0.547. The van der Waals surface area contributed by atoms with Crippen molar-refractivity contribution in [2.75, 3.05) is 17.1 Å². The van der Waals surface area contributed by atoms with Crippen LogP contribution in [0.1, 0.15) is 5.56 Å². The molecule has 0 bridgehead atoms. The first kappa shape index (κ1) is 18.0. The molecule has 0 heterocycles. The van der Waals surface area contributed by atoms with Crippen LogP contribution >= 0.6 is 11.6 Å². The van der Waals surface area contributed by atoms with Crippen molar-refractivity contribution in [3.05, 3.63) is 65.2 Å². The van der Waals surface area contributed by atoms with Crippen molar-refractivity contribution in [1.29, 1.82) is 0 Å². The van der Waals surface area contributed by atoms with Crippen LogP contribution < -0.4 is 9.73 Å². The van der Waals surface area contributed by atoms with E-state index in [2.05, 4.69) is 10.5 Å². The molecule has 1 N–H and O–H groups in total. The number of anilines is 1. The van der Waals surface area contributed by atoms with Gasteiger partial charge in [-0.1, -0.05) is 41.9 Å². The number of hydrogen-bond acceptors (Lipinski definition) is 4. The third-order valence-corrected chi connectivity index (χ3v) is 4.40. The molecule has 126 valence electrons. The van der Waals surface area contributed by atoms with Crippen LogP contribution in [0, 0.1) is 0 Å². The van der Waals surface area contributed by atoms with E-state index in [1.165, 1.54) is 6.21 Å². The van der Waals surface area contributed by atoms with E-state index < -0.39 is 15.9 Å². The molecule has 0 aliphatic carbocycles. The molecule has 6 nitrogen and oxygen atoms in total. The van der Waals surface area contributed by atoms with E-state index >= 15 is 0 Å². The van der Waals surface area contributed by atoms with Gasteiger partial charge in [-0.2, -0.15) is 5.10 Å². The van der Waals surface area contributed by atoms with Gasteiger partial charge in [-0.3, -0.25) is 9.10 Å². The monoisotopic (exact) mass is 365 g/mol. The molecule has 0 radical (unpaired) electrons. The summed E-state index contributed by atoms with van der Waals surface area (Å²) in [6, 6.07) is 15.3. The molecule has 1 amide bonds. The highest BCUT2D eigenvalue weighted by Gasteiger charge is 2.20. The molecule has 0 fully saturated rings. The smallest absolute Gasteiger partial charge is 0.260 e. The summed E-state index contributed by atoms with van der Waals surface area (Å²) in [6.45, 7) is -0.360. The minimum atomic E-state index is -3.59. The van der Waals surface area contributed by atoms with Crippen LogP contribution in [0.5, 0.6) is 0 Å². The average molecular weight is 366 g/mol. The van der Waals surface area contributed by atoms with E-state index in [-0.39, 0.29) is 6.54 Å². The molecule has 0 unspecified atom stereocenters. The Kier molecular flexibility index (Phi) is 5.94. The summed E-state index contributed by atoms with van der Waals surface area (Å²) in [6.07, 6.45) is 2.49. The highest BCUT2D eigenvalue weighted by molar-refractivity contribution is 7.92. The van der Waals surface area contributed by atoms with Crippen LogP contribution in [0.2, 0.25) is 5.02 Å². The lowest BCUT2D eigenvalue weighted by atomic mass is 10.2. The van der Waals surface area contributed by atoms with Gasteiger partial charge in [0.1, 0.15) is 6.54 Å². The lowest BCUT2D eigenvalue weighted by molar-refractivity contribution is -0.119. The lowest BCUT2D eigenvalue weighted by Crippen LogP contribution is -2.38. The number of para-hydroxylation sites is 1. The lowest BCUT2D eigenvalue weighted by Gasteiger charge is -2.21. The molecule has 8 heteroatoms. The third-order valence-electron chi connectivity index (χ3n) is 3.00. The molecule has 2 aromatic carbocycles. The zero-order valence-electron chi connectivity index (χ0n) is 12.9. The van der Waals surface area contributed by atoms with Gasteiger partial charge in [0.25, 0.3) is 5.91 Å². The summed E-state index contributed by atoms with van der Waals surface area (Å²) < 4.78 is 24.8. The Hall–Kier alpha value is -2.38. The fraction of sp³-hybridized carbons (Fsp3) is 0.125. The van der Waals surface area contributed by atoms with E-state index in [1.807, 2.05) is 0 Å². The molecule has 24 heavy (non-hydrogen) atoms. The average Bonchev–Trinajstić information content (AvgIpc) is 2.54. The molecule has 0 aliphatic heterocycles. The zero-order chi connectivity index (χ0) is 17.6. The van der Waals surface area contributed by atoms with Crippen LogP contribution in [-0.4, -0.2) is 33.3 Å². The minimum Gasteiger partial charge on any atom is -0.271 e. The Labute approximate surface area is 145 Å². The van der Waals surface area contributed by atoms with Crippen LogP contribution in [-0.2, 0) is 14.8 Å². The maximum atomic E-state index is 12.0. The van der Waals surface area contributed by atoms with Crippen LogP contribution in [0.15, 0.2) is 59.7 Å². The number of hydrazone groups is 1. The molecule has 0 spiro atoms. The second kappa shape index (κ2) is 7.94. The van der Waals surface area contributed by atoms with Gasteiger partial charge in [0.05, 0.1) is 18.2 Å². The van der Waals surface area contributed by atoms with Crippen LogP contribution in [0.4, 0.5) is 5.69 Å². The van der Waals surface area contributed by atoms with E-state index in [4.69, 9.17) is 11.6 Å². The van der Waals surface area contributed by atoms with Crippen molar-refractivity contribution >= 4 is 39.4 Å². The van der Waals surface area contributed by atoms with Gasteiger partial charge in [0.2, 0.25) is 10.0 Å². The topological polar surface area (TPSA) is 78.8 Å². The van der Waals surface area contributed by atoms with Crippen molar-refractivity contribution in [1.82, 2.24) is 5.43 Å². The molecule has 2 aromatic rings. The number of rotatable bonds is 6. The quantitative estimate of drug-likeness (QED) is 0.630. The number of sulfonamides is 1. The first-order valence-electron chi connectivity index (χ1n) is 6.96. The molecule has 0 atom stereocenters. The van der Waals surface area contributed by atoms with Gasteiger partial charge in [0.15, 0.2) is 0 Å². The Morgan fingerprint density at radius 3 is 2.38 bits per heavy atom. The number of halogens is 1. The maximum Gasteiger partial charge on any atom is 0.260 e. The molecule has 0 saturated heterocycles. The summed E-state index contributed by atoms with van der Waals surface area (Å²) >= 11 is 5.78. The number of nitrogens with one attached hydrogen (secondary N) is 1. The van der Waals surface area contributed by atoms with Gasteiger partial charge >= 0.3 is 0 Å². The van der Waals surface area contributed by atoms with Gasteiger partial charge in [-0.15, -0.1) is 0 Å². The van der Waals surface area contributed by atoms with Crippen molar-refractivity contribution in [3.63, 3.8) is 0 Å². The van der Waals surface area contributed by atoms with Crippen molar-refractivity contribution in [2.24, 2.45) is 5.10 Å². The van der Waals surface area contributed by atoms with Crippen LogP contribution in [0.3, 0.4) is 0 Å². The second-order valence-electron chi connectivity index (χ2n) is 4.95. The van der Waals surface area contributed by atoms with E-state index in [9.17, 15) is 13.2 Å². The predicted molar refractivity (Wildman–Crippen MR) is 95.8 cm³/mol. The van der Waals surface area contributed by atoms with E-state index in [1.54, 1.807) is 54.6 Å². The fourth-order valence-corrected chi connectivity index (χ4v) is 2.87. The predicted octanol–water partition coefficient (Wildman–Crippen LogP) is 2.26. The SMILES string of the molecule is CS(=O)(=O)N(CC(=O)N/N=C\c1ccc(Cl)cc1)c1ccccc1. The summed E-state index contributed by atoms with van der Waals surface area (Å²) in [5, 5.41) is 4.41. The summed E-state index contributed by atoms with van der Waals surface area (Å²) in [5.41, 5.74) is 3.48. The van der Waals surface area contributed by atoms with E-state index in [0.717, 1.165) is 16.1 Å². The van der Waals surface area contributed by atoms with Gasteiger partial charge in [0, 0.05) is 5.02 Å². The van der Waals surface area contributed by atoms with Crippen molar-refractivity contribution in [3.8, 4) is 0 Å². The first-order chi connectivity index (χ1) is 11.4. The standard InChI is InChI=1S/C16H16ClN3O3S/c1-24(22,23)20(15-5-3-2-4-6-15)12-16(21)19-18-11-13-7-9-14(17)10-8-13/h2-11H,12H2,1H3,(H,19,21)/b18-11-. The minimum absolute atomic E-state index is 0.360. The molecule has 0 saturated carbocycles. The largest absolute Gasteiger partial charge is 0.271 e. The van der Waals surface area contributed by atoms with E-state index in [0.29, 0.717) is 10.7 Å². The zero-order valence-corrected chi connectivity index (χ0v) is 14.5. The normalized spacial score (nSPS) is 11.4. The van der Waals surface area contributed by atoms with Gasteiger partial charge < -0.3 is 0 Å². The number of benzene rings is 2. The van der Waals surface area contributed by atoms with Crippen molar-refractivity contribution < 1.29 is 13.2 Å². The highest BCUT2D eigenvalue weighted by atomic mass is 35.5. The van der Waals surface area contributed by atoms with Crippen LogP contribution in [0.25, 0.3) is 0 Å². The molecule has 2 rings (SSSR count).